The van der Waals surface area contributed by atoms with E-state index in [9.17, 15) is 10.1 Å². The van der Waals surface area contributed by atoms with Crippen molar-refractivity contribution < 1.29 is 0 Å². The van der Waals surface area contributed by atoms with Crippen LogP contribution in [0.3, 0.4) is 0 Å². The molecular formula is C19H19ClN8O. The molecule has 0 aromatic carbocycles. The maximum Gasteiger partial charge on any atom is 0.330 e. The predicted molar refractivity (Wildman–Crippen MR) is 110 cm³/mol. The van der Waals surface area contributed by atoms with Crippen LogP contribution >= 0.6 is 12.4 Å². The van der Waals surface area contributed by atoms with E-state index in [0.29, 0.717) is 22.6 Å². The van der Waals surface area contributed by atoms with Gasteiger partial charge in [0.2, 0.25) is 0 Å². The Balaban J connectivity index is 0.00000205. The number of hydrogen-bond acceptors (Lipinski definition) is 6. The molecule has 10 heteroatoms. The summed E-state index contributed by atoms with van der Waals surface area (Å²) in [4.78, 5) is 22.1. The van der Waals surface area contributed by atoms with Crippen LogP contribution in [0.1, 0.15) is 24.4 Å². The van der Waals surface area contributed by atoms with Gasteiger partial charge in [0, 0.05) is 19.8 Å². The Hall–Kier alpha value is -3.22. The molecule has 1 saturated heterocycles. The third-order valence-electron chi connectivity index (χ3n) is 5.36. The van der Waals surface area contributed by atoms with E-state index in [4.69, 9.17) is 4.98 Å². The van der Waals surface area contributed by atoms with Crippen molar-refractivity contribution in [2.24, 2.45) is 7.05 Å². The van der Waals surface area contributed by atoms with Crippen molar-refractivity contribution in [2.75, 3.05) is 13.1 Å². The molecule has 0 unspecified atom stereocenters. The van der Waals surface area contributed by atoms with Gasteiger partial charge in [-0.1, -0.05) is 0 Å². The van der Waals surface area contributed by atoms with Crippen LogP contribution in [-0.2, 0) is 7.05 Å². The van der Waals surface area contributed by atoms with E-state index < -0.39 is 0 Å². The third kappa shape index (κ3) is 2.97. The van der Waals surface area contributed by atoms with Crippen molar-refractivity contribution in [3.8, 4) is 17.5 Å². The van der Waals surface area contributed by atoms with E-state index in [2.05, 4.69) is 21.5 Å². The number of halogens is 1. The molecule has 1 atom stereocenters. The summed E-state index contributed by atoms with van der Waals surface area (Å²) in [6, 6.07) is 5.68. The molecule has 0 amide bonds. The molecule has 1 aliphatic rings. The smallest absolute Gasteiger partial charge is 0.315 e. The first-order valence-corrected chi connectivity index (χ1v) is 9.20. The largest absolute Gasteiger partial charge is 0.330 e. The lowest BCUT2D eigenvalue weighted by molar-refractivity contribution is 0.368. The first-order chi connectivity index (χ1) is 13.7. The average molecular weight is 411 g/mol. The summed E-state index contributed by atoms with van der Waals surface area (Å²) in [5, 5.41) is 16.9. The third-order valence-corrected chi connectivity index (χ3v) is 5.36. The van der Waals surface area contributed by atoms with Crippen molar-refractivity contribution in [3.63, 3.8) is 0 Å². The normalized spacial score (nSPS) is 16.6. The first-order valence-electron chi connectivity index (χ1n) is 9.20. The van der Waals surface area contributed by atoms with Crippen LogP contribution in [0.15, 0.2) is 35.5 Å². The van der Waals surface area contributed by atoms with Crippen molar-refractivity contribution in [3.05, 3.63) is 46.8 Å². The molecule has 9 nitrogen and oxygen atoms in total. The van der Waals surface area contributed by atoms with Crippen LogP contribution in [0.4, 0.5) is 0 Å². The van der Waals surface area contributed by atoms with Gasteiger partial charge in [0.1, 0.15) is 5.52 Å². The standard InChI is InChI=1S/C19H18N8O.ClH/c1-25-16-11-22-17(14-10-23-26-6-4-12(8-20)7-15(14)26)24-18(16)27(19(25)28)13-3-2-5-21-9-13;/h4,6-7,10-11,13,21H,2-3,5,9H2,1H3;1H/t13-;/m1./s1. The number of fused-ring (bicyclic) bond motifs is 2. The Labute approximate surface area is 172 Å². The van der Waals surface area contributed by atoms with Crippen LogP contribution in [-0.4, -0.2) is 41.8 Å². The van der Waals surface area contributed by atoms with Gasteiger partial charge < -0.3 is 5.32 Å². The molecule has 148 valence electrons. The minimum Gasteiger partial charge on any atom is -0.315 e. The number of aromatic nitrogens is 6. The number of piperidine rings is 1. The number of rotatable bonds is 2. The Kier molecular flexibility index (Phi) is 4.82. The topological polar surface area (TPSA) is 106 Å². The summed E-state index contributed by atoms with van der Waals surface area (Å²) < 4.78 is 5.06. The number of imidazole rings is 1. The van der Waals surface area contributed by atoms with Gasteiger partial charge in [-0.25, -0.2) is 19.3 Å². The van der Waals surface area contributed by atoms with Gasteiger partial charge in [-0.15, -0.1) is 12.4 Å². The summed E-state index contributed by atoms with van der Waals surface area (Å²) in [6.45, 7) is 1.72. The second-order valence-electron chi connectivity index (χ2n) is 7.03. The Bertz CT molecular complexity index is 1310. The average Bonchev–Trinajstić information content (AvgIpc) is 3.27. The van der Waals surface area contributed by atoms with Crippen LogP contribution in [0.5, 0.6) is 0 Å². The molecule has 0 bridgehead atoms. The number of nitrogens with one attached hydrogen (secondary N) is 1. The zero-order valence-electron chi connectivity index (χ0n) is 15.7. The number of pyridine rings is 1. The fourth-order valence-electron chi connectivity index (χ4n) is 3.87. The second-order valence-corrected chi connectivity index (χ2v) is 7.03. The van der Waals surface area contributed by atoms with Gasteiger partial charge in [0.25, 0.3) is 0 Å². The van der Waals surface area contributed by atoms with Crippen molar-refractivity contribution in [1.29, 1.82) is 5.26 Å². The molecule has 4 aromatic rings. The summed E-state index contributed by atoms with van der Waals surface area (Å²) in [5.74, 6) is 0.487. The van der Waals surface area contributed by atoms with Gasteiger partial charge in [-0.3, -0.25) is 9.13 Å². The highest BCUT2D eigenvalue weighted by Gasteiger charge is 2.23. The van der Waals surface area contributed by atoms with Gasteiger partial charge in [-0.2, -0.15) is 10.4 Å². The Morgan fingerprint density at radius 1 is 1.31 bits per heavy atom. The molecule has 0 saturated carbocycles. The second kappa shape index (κ2) is 7.31. The summed E-state index contributed by atoms with van der Waals surface area (Å²) in [7, 11) is 1.75. The van der Waals surface area contributed by atoms with Gasteiger partial charge in [-0.05, 0) is 31.5 Å². The van der Waals surface area contributed by atoms with Crippen LogP contribution in [0, 0.1) is 11.3 Å². The minimum atomic E-state index is -0.0817. The zero-order chi connectivity index (χ0) is 19.3. The molecule has 29 heavy (non-hydrogen) atoms. The van der Waals surface area contributed by atoms with Crippen molar-refractivity contribution in [1.82, 2.24) is 34.0 Å². The fourth-order valence-corrected chi connectivity index (χ4v) is 3.87. The van der Waals surface area contributed by atoms with Crippen LogP contribution < -0.4 is 11.0 Å². The predicted octanol–water partition coefficient (Wildman–Crippen LogP) is 1.66. The lowest BCUT2D eigenvalue weighted by Crippen LogP contribution is -2.36. The monoisotopic (exact) mass is 410 g/mol. The Morgan fingerprint density at radius 2 is 2.17 bits per heavy atom. The number of nitriles is 1. The highest BCUT2D eigenvalue weighted by molar-refractivity contribution is 5.85. The molecular weight excluding hydrogens is 392 g/mol. The van der Waals surface area contributed by atoms with E-state index in [1.807, 2.05) is 0 Å². The van der Waals surface area contributed by atoms with E-state index in [1.165, 1.54) is 0 Å². The molecule has 1 aliphatic heterocycles. The van der Waals surface area contributed by atoms with E-state index >= 15 is 0 Å². The molecule has 0 spiro atoms. The van der Waals surface area contributed by atoms with E-state index in [-0.39, 0.29) is 24.1 Å². The lowest BCUT2D eigenvalue weighted by Gasteiger charge is -2.23. The van der Waals surface area contributed by atoms with Crippen molar-refractivity contribution >= 4 is 29.1 Å². The fraction of sp³-hybridized carbons (Fsp3) is 0.316. The van der Waals surface area contributed by atoms with E-state index in [1.54, 1.807) is 51.4 Å². The number of aryl methyl sites for hydroxylation is 1. The Morgan fingerprint density at radius 3 is 2.93 bits per heavy atom. The minimum absolute atomic E-state index is 0. The quantitative estimate of drug-likeness (QED) is 0.538. The molecule has 1 N–H and O–H groups in total. The summed E-state index contributed by atoms with van der Waals surface area (Å²) in [5.41, 5.74) is 3.27. The highest BCUT2D eigenvalue weighted by Crippen LogP contribution is 2.25. The van der Waals surface area contributed by atoms with Crippen LogP contribution in [0.2, 0.25) is 0 Å². The molecule has 1 fully saturated rings. The van der Waals surface area contributed by atoms with Gasteiger partial charge in [0.15, 0.2) is 11.5 Å². The molecule has 4 aromatic heterocycles. The maximum atomic E-state index is 12.9. The number of hydrogen-bond donors (Lipinski definition) is 1. The SMILES string of the molecule is Cl.Cn1c(=O)n([C@@H]2CCCNC2)c2nc(-c3cnn4ccc(C#N)cc34)ncc21. The van der Waals surface area contributed by atoms with Crippen molar-refractivity contribution in [2.45, 2.75) is 18.9 Å². The van der Waals surface area contributed by atoms with E-state index in [0.717, 1.165) is 37.0 Å². The molecule has 0 radical (unpaired) electrons. The highest BCUT2D eigenvalue weighted by atomic mass is 35.5. The number of nitrogens with zero attached hydrogens (tertiary/aromatic N) is 7. The lowest BCUT2D eigenvalue weighted by atomic mass is 10.1. The summed E-state index contributed by atoms with van der Waals surface area (Å²) in [6.07, 6.45) is 7.07. The maximum absolute atomic E-state index is 12.9. The van der Waals surface area contributed by atoms with Gasteiger partial charge >= 0.3 is 5.69 Å². The molecule has 5 heterocycles. The first kappa shape index (κ1) is 19.1. The van der Waals surface area contributed by atoms with Gasteiger partial charge in [0.05, 0.1) is 41.1 Å². The molecule has 0 aliphatic carbocycles. The summed E-state index contributed by atoms with van der Waals surface area (Å²) >= 11 is 0. The van der Waals surface area contributed by atoms with Crippen LogP contribution in [0.25, 0.3) is 28.1 Å². The molecule has 5 rings (SSSR count). The zero-order valence-corrected chi connectivity index (χ0v) is 16.6.